The van der Waals surface area contributed by atoms with Gasteiger partial charge in [-0.1, -0.05) is 0 Å². The number of likely N-dealkylation sites (tertiary alicyclic amines) is 1. The average Bonchev–Trinajstić information content (AvgIpc) is 1.98. The van der Waals surface area contributed by atoms with Gasteiger partial charge in [0, 0.05) is 25.2 Å². The normalized spacial score (nSPS) is 27.7. The molecule has 2 unspecified atom stereocenters. The molecule has 0 aromatic carbocycles. The molecule has 0 bridgehead atoms. The number of hydrogen-bond donors (Lipinski definition) is 2. The van der Waals surface area contributed by atoms with E-state index in [-0.39, 0.29) is 18.2 Å². The first-order valence-electron chi connectivity index (χ1n) is 5.27. The third-order valence-corrected chi connectivity index (χ3v) is 2.17. The van der Waals surface area contributed by atoms with E-state index in [0.717, 1.165) is 6.42 Å². The highest BCUT2D eigenvalue weighted by atomic mass is 16.6. The van der Waals surface area contributed by atoms with Gasteiger partial charge in [-0.15, -0.1) is 0 Å². The first-order chi connectivity index (χ1) is 6.78. The minimum absolute atomic E-state index is 0.0405. The lowest BCUT2D eigenvalue weighted by Gasteiger charge is -2.35. The van der Waals surface area contributed by atoms with E-state index in [1.54, 1.807) is 4.90 Å². The van der Waals surface area contributed by atoms with Gasteiger partial charge in [0.25, 0.3) is 0 Å². The number of nitrogens with two attached hydrogens (primary N) is 2. The van der Waals surface area contributed by atoms with Crippen LogP contribution in [0.4, 0.5) is 4.79 Å². The van der Waals surface area contributed by atoms with Crippen LogP contribution >= 0.6 is 0 Å². The zero-order chi connectivity index (χ0) is 11.6. The van der Waals surface area contributed by atoms with Crippen LogP contribution in [-0.2, 0) is 4.74 Å². The van der Waals surface area contributed by atoms with E-state index in [1.165, 1.54) is 0 Å². The van der Waals surface area contributed by atoms with E-state index in [0.29, 0.717) is 13.1 Å². The average molecular weight is 215 g/mol. The Morgan fingerprint density at radius 3 is 2.13 bits per heavy atom. The molecule has 1 heterocycles. The first kappa shape index (κ1) is 12.3. The van der Waals surface area contributed by atoms with Crippen molar-refractivity contribution in [1.82, 2.24) is 4.90 Å². The van der Waals surface area contributed by atoms with Crippen LogP contribution in [0.25, 0.3) is 0 Å². The van der Waals surface area contributed by atoms with Crippen molar-refractivity contribution in [2.75, 3.05) is 13.1 Å². The van der Waals surface area contributed by atoms with Gasteiger partial charge in [-0.2, -0.15) is 0 Å². The molecular weight excluding hydrogens is 194 g/mol. The lowest BCUT2D eigenvalue weighted by molar-refractivity contribution is 0.0183. The third kappa shape index (κ3) is 4.05. The van der Waals surface area contributed by atoms with Crippen molar-refractivity contribution in [3.63, 3.8) is 0 Å². The van der Waals surface area contributed by atoms with Gasteiger partial charge in [-0.3, -0.25) is 0 Å². The molecule has 0 radical (unpaired) electrons. The Bertz CT molecular complexity index is 227. The van der Waals surface area contributed by atoms with Crippen LogP contribution in [0.2, 0.25) is 0 Å². The second-order valence-corrected chi connectivity index (χ2v) is 5.14. The fourth-order valence-corrected chi connectivity index (χ4v) is 1.65. The highest BCUT2D eigenvalue weighted by Crippen LogP contribution is 2.13. The number of carbonyl (C=O) groups excluding carboxylic acids is 1. The fraction of sp³-hybridized carbons (Fsp3) is 0.900. The highest BCUT2D eigenvalue weighted by Gasteiger charge is 2.29. The smallest absolute Gasteiger partial charge is 0.410 e. The number of piperidine rings is 1. The summed E-state index contributed by atoms with van der Waals surface area (Å²) in [7, 11) is 0. The molecule has 5 nitrogen and oxygen atoms in total. The van der Waals surface area contributed by atoms with E-state index >= 15 is 0 Å². The van der Waals surface area contributed by atoms with E-state index < -0.39 is 5.60 Å². The minimum Gasteiger partial charge on any atom is -0.444 e. The second-order valence-electron chi connectivity index (χ2n) is 5.14. The molecule has 15 heavy (non-hydrogen) atoms. The molecule has 1 aliphatic rings. The summed E-state index contributed by atoms with van der Waals surface area (Å²) in [5, 5.41) is 0. The van der Waals surface area contributed by atoms with Crippen molar-refractivity contribution in [3.05, 3.63) is 0 Å². The van der Waals surface area contributed by atoms with Gasteiger partial charge in [-0.05, 0) is 27.2 Å². The summed E-state index contributed by atoms with van der Waals surface area (Å²) in [5.74, 6) is 0. The molecule has 1 fully saturated rings. The Morgan fingerprint density at radius 1 is 1.27 bits per heavy atom. The Balaban J connectivity index is 2.52. The molecule has 4 N–H and O–H groups in total. The van der Waals surface area contributed by atoms with Gasteiger partial charge >= 0.3 is 6.09 Å². The lowest BCUT2D eigenvalue weighted by atomic mass is 10.0. The summed E-state index contributed by atoms with van der Waals surface area (Å²) >= 11 is 0. The van der Waals surface area contributed by atoms with Crippen molar-refractivity contribution in [1.29, 1.82) is 0 Å². The molecule has 1 amide bonds. The van der Waals surface area contributed by atoms with Gasteiger partial charge in [-0.25, -0.2) is 4.79 Å². The Morgan fingerprint density at radius 2 is 1.73 bits per heavy atom. The van der Waals surface area contributed by atoms with Crippen molar-refractivity contribution in [3.8, 4) is 0 Å². The maximum absolute atomic E-state index is 11.7. The molecule has 1 rings (SSSR count). The van der Waals surface area contributed by atoms with Crippen LogP contribution in [0.15, 0.2) is 0 Å². The molecule has 0 aromatic heterocycles. The summed E-state index contributed by atoms with van der Waals surface area (Å²) in [4.78, 5) is 13.3. The maximum atomic E-state index is 11.7. The molecule has 0 saturated carbocycles. The summed E-state index contributed by atoms with van der Waals surface area (Å²) in [6, 6.07) is -0.0810. The molecule has 0 aliphatic carbocycles. The van der Waals surface area contributed by atoms with Crippen LogP contribution in [0.1, 0.15) is 27.2 Å². The number of rotatable bonds is 0. The summed E-state index contributed by atoms with van der Waals surface area (Å²) in [6.45, 7) is 6.59. The van der Waals surface area contributed by atoms with E-state index in [4.69, 9.17) is 16.2 Å². The summed E-state index contributed by atoms with van der Waals surface area (Å²) < 4.78 is 5.25. The molecule has 1 aliphatic heterocycles. The summed E-state index contributed by atoms with van der Waals surface area (Å²) in [6.07, 6.45) is 0.437. The third-order valence-electron chi connectivity index (χ3n) is 2.17. The number of carbonyl (C=O) groups is 1. The predicted molar refractivity (Wildman–Crippen MR) is 58.4 cm³/mol. The van der Waals surface area contributed by atoms with Gasteiger partial charge in [0.05, 0.1) is 0 Å². The van der Waals surface area contributed by atoms with Gasteiger partial charge in [0.15, 0.2) is 0 Å². The number of amides is 1. The second kappa shape index (κ2) is 4.37. The van der Waals surface area contributed by atoms with E-state index in [1.807, 2.05) is 20.8 Å². The van der Waals surface area contributed by atoms with Crippen LogP contribution in [-0.4, -0.2) is 41.8 Å². The zero-order valence-electron chi connectivity index (χ0n) is 9.69. The van der Waals surface area contributed by atoms with Crippen molar-refractivity contribution < 1.29 is 9.53 Å². The molecule has 88 valence electrons. The predicted octanol–water partition coefficient (Wildman–Crippen LogP) is 0.282. The van der Waals surface area contributed by atoms with Gasteiger partial charge in [0.2, 0.25) is 0 Å². The summed E-state index contributed by atoms with van der Waals surface area (Å²) in [5.41, 5.74) is 11.1. The molecule has 2 atom stereocenters. The molecular formula is C10H21N3O2. The minimum atomic E-state index is -0.470. The first-order valence-corrected chi connectivity index (χ1v) is 5.27. The van der Waals surface area contributed by atoms with Gasteiger partial charge < -0.3 is 21.1 Å². The Kier molecular flexibility index (Phi) is 3.57. The van der Waals surface area contributed by atoms with Crippen LogP contribution in [0.5, 0.6) is 0 Å². The highest BCUT2D eigenvalue weighted by molar-refractivity contribution is 5.68. The van der Waals surface area contributed by atoms with Crippen LogP contribution in [0, 0.1) is 0 Å². The van der Waals surface area contributed by atoms with Crippen molar-refractivity contribution in [2.45, 2.75) is 44.9 Å². The van der Waals surface area contributed by atoms with E-state index in [2.05, 4.69) is 0 Å². The quantitative estimate of drug-likeness (QED) is 0.608. The molecule has 0 aromatic rings. The Labute approximate surface area is 90.7 Å². The standard InChI is InChI=1S/C10H21N3O2/c1-10(2,3)15-9(14)13-5-7(11)4-8(12)6-13/h7-8H,4-6,11-12H2,1-3H3. The van der Waals surface area contributed by atoms with E-state index in [9.17, 15) is 4.79 Å². The van der Waals surface area contributed by atoms with Crippen LogP contribution < -0.4 is 11.5 Å². The topological polar surface area (TPSA) is 81.6 Å². The van der Waals surface area contributed by atoms with Crippen molar-refractivity contribution in [2.24, 2.45) is 11.5 Å². The Hall–Kier alpha value is -0.810. The number of hydrogen-bond acceptors (Lipinski definition) is 4. The maximum Gasteiger partial charge on any atom is 0.410 e. The largest absolute Gasteiger partial charge is 0.444 e. The number of nitrogens with zero attached hydrogens (tertiary/aromatic N) is 1. The lowest BCUT2D eigenvalue weighted by Crippen LogP contribution is -2.54. The molecule has 5 heteroatoms. The molecule has 1 saturated heterocycles. The number of ether oxygens (including phenoxy) is 1. The van der Waals surface area contributed by atoms with Crippen molar-refractivity contribution >= 4 is 6.09 Å². The monoisotopic (exact) mass is 215 g/mol. The zero-order valence-corrected chi connectivity index (χ0v) is 9.69. The SMILES string of the molecule is CC(C)(C)OC(=O)N1CC(N)CC(N)C1. The van der Waals surface area contributed by atoms with Crippen LogP contribution in [0.3, 0.4) is 0 Å². The fourth-order valence-electron chi connectivity index (χ4n) is 1.65. The molecule has 0 spiro atoms. The van der Waals surface area contributed by atoms with Gasteiger partial charge in [0.1, 0.15) is 5.60 Å².